The number of amides is 1. The van der Waals surface area contributed by atoms with Crippen LogP contribution in [0.5, 0.6) is 0 Å². The molecule has 3 N–H and O–H groups in total. The van der Waals surface area contributed by atoms with Crippen LogP contribution in [0.2, 0.25) is 0 Å². The van der Waals surface area contributed by atoms with Gasteiger partial charge in [0.2, 0.25) is 5.91 Å². The van der Waals surface area contributed by atoms with Gasteiger partial charge in [0.05, 0.1) is 6.54 Å². The number of benzene rings is 1. The van der Waals surface area contributed by atoms with Crippen LogP contribution in [-0.2, 0) is 4.79 Å². The zero-order chi connectivity index (χ0) is 13.8. The Labute approximate surface area is 122 Å². The lowest BCUT2D eigenvalue weighted by Gasteiger charge is -2.16. The van der Waals surface area contributed by atoms with Crippen molar-refractivity contribution in [1.82, 2.24) is 4.90 Å². The Balaban J connectivity index is 1.87. The van der Waals surface area contributed by atoms with Gasteiger partial charge in [0.25, 0.3) is 0 Å². The number of hydrogen-bond donors (Lipinski definition) is 2. The van der Waals surface area contributed by atoms with E-state index in [0.717, 1.165) is 35.2 Å². The number of carbonyl (C=O) groups excluding carboxylic acids is 1. The summed E-state index contributed by atoms with van der Waals surface area (Å²) >= 11 is 3.42. The molecule has 4 nitrogen and oxygen atoms in total. The summed E-state index contributed by atoms with van der Waals surface area (Å²) in [4.78, 5) is 14.2. The Hall–Kier alpha value is -0.910. The lowest BCUT2D eigenvalue weighted by Crippen LogP contribution is -2.32. The fourth-order valence-corrected chi connectivity index (χ4v) is 2.88. The van der Waals surface area contributed by atoms with E-state index in [9.17, 15) is 4.79 Å². The molecular formula is C14H20BrN3O. The molecule has 1 atom stereocenters. The third-order valence-electron chi connectivity index (χ3n) is 3.53. The van der Waals surface area contributed by atoms with Gasteiger partial charge in [-0.3, -0.25) is 9.69 Å². The van der Waals surface area contributed by atoms with Crippen molar-refractivity contribution in [3.63, 3.8) is 0 Å². The summed E-state index contributed by atoms with van der Waals surface area (Å²) in [7, 11) is 0. The molecule has 19 heavy (non-hydrogen) atoms. The predicted octanol–water partition coefficient (Wildman–Crippen LogP) is 1.98. The highest BCUT2D eigenvalue weighted by molar-refractivity contribution is 9.10. The van der Waals surface area contributed by atoms with Gasteiger partial charge < -0.3 is 11.1 Å². The fraction of sp³-hybridized carbons (Fsp3) is 0.500. The van der Waals surface area contributed by atoms with E-state index in [4.69, 9.17) is 5.73 Å². The van der Waals surface area contributed by atoms with E-state index in [1.807, 2.05) is 25.1 Å². The van der Waals surface area contributed by atoms with E-state index < -0.39 is 0 Å². The topological polar surface area (TPSA) is 58.4 Å². The van der Waals surface area contributed by atoms with Gasteiger partial charge in [0, 0.05) is 16.7 Å². The van der Waals surface area contributed by atoms with Gasteiger partial charge in [0.15, 0.2) is 0 Å². The van der Waals surface area contributed by atoms with Crippen molar-refractivity contribution in [2.45, 2.75) is 13.3 Å². The minimum atomic E-state index is 0.0445. The zero-order valence-electron chi connectivity index (χ0n) is 11.2. The maximum atomic E-state index is 12.0. The minimum Gasteiger partial charge on any atom is -0.330 e. The molecule has 0 radical (unpaired) electrons. The van der Waals surface area contributed by atoms with Crippen molar-refractivity contribution < 1.29 is 4.79 Å². The Bertz CT molecular complexity index is 464. The molecule has 1 unspecified atom stereocenters. The molecule has 1 heterocycles. The molecule has 0 aliphatic carbocycles. The second-order valence-electron chi connectivity index (χ2n) is 5.13. The van der Waals surface area contributed by atoms with Gasteiger partial charge in [-0.25, -0.2) is 0 Å². The Morgan fingerprint density at radius 1 is 1.58 bits per heavy atom. The first-order valence-electron chi connectivity index (χ1n) is 6.57. The molecule has 1 fully saturated rings. The third kappa shape index (κ3) is 4.03. The first-order valence-corrected chi connectivity index (χ1v) is 7.36. The highest BCUT2D eigenvalue weighted by atomic mass is 79.9. The zero-order valence-corrected chi connectivity index (χ0v) is 12.7. The summed E-state index contributed by atoms with van der Waals surface area (Å²) in [5.74, 6) is 0.588. The predicted molar refractivity (Wildman–Crippen MR) is 81.1 cm³/mol. The highest BCUT2D eigenvalue weighted by Crippen LogP contribution is 2.20. The summed E-state index contributed by atoms with van der Waals surface area (Å²) < 4.78 is 1.02. The van der Waals surface area contributed by atoms with E-state index in [-0.39, 0.29) is 5.91 Å². The largest absolute Gasteiger partial charge is 0.330 e. The van der Waals surface area contributed by atoms with Gasteiger partial charge in [0.1, 0.15) is 0 Å². The molecular weight excluding hydrogens is 306 g/mol. The van der Waals surface area contributed by atoms with Crippen LogP contribution in [0.1, 0.15) is 12.0 Å². The Kier molecular flexibility index (Phi) is 4.96. The van der Waals surface area contributed by atoms with Gasteiger partial charge in [-0.05, 0) is 56.1 Å². The molecule has 0 aromatic heterocycles. The second kappa shape index (κ2) is 6.50. The van der Waals surface area contributed by atoms with Crippen molar-refractivity contribution in [1.29, 1.82) is 0 Å². The smallest absolute Gasteiger partial charge is 0.238 e. The lowest BCUT2D eigenvalue weighted by molar-refractivity contribution is -0.117. The first kappa shape index (κ1) is 14.5. The number of aryl methyl sites for hydroxylation is 1. The van der Waals surface area contributed by atoms with Crippen LogP contribution in [-0.4, -0.2) is 37.0 Å². The standard InChI is InChI=1S/C14H20BrN3O/c1-10-6-12(15)2-3-13(10)17-14(19)9-18-5-4-11(7-16)8-18/h2-3,6,11H,4-5,7-9,16H2,1H3,(H,17,19). The molecule has 1 aromatic carbocycles. The van der Waals surface area contributed by atoms with E-state index in [0.29, 0.717) is 19.0 Å². The van der Waals surface area contributed by atoms with Crippen LogP contribution < -0.4 is 11.1 Å². The number of hydrogen-bond acceptors (Lipinski definition) is 3. The summed E-state index contributed by atoms with van der Waals surface area (Å²) in [5.41, 5.74) is 7.59. The monoisotopic (exact) mass is 325 g/mol. The normalized spacial score (nSPS) is 19.6. The van der Waals surface area contributed by atoms with Crippen LogP contribution in [0.4, 0.5) is 5.69 Å². The highest BCUT2D eigenvalue weighted by Gasteiger charge is 2.22. The minimum absolute atomic E-state index is 0.0445. The lowest BCUT2D eigenvalue weighted by atomic mass is 10.1. The Morgan fingerprint density at radius 3 is 3.00 bits per heavy atom. The molecule has 2 rings (SSSR count). The number of anilines is 1. The average molecular weight is 326 g/mol. The summed E-state index contributed by atoms with van der Waals surface area (Å²) in [5, 5.41) is 2.96. The number of likely N-dealkylation sites (tertiary alicyclic amines) is 1. The quantitative estimate of drug-likeness (QED) is 0.889. The summed E-state index contributed by atoms with van der Waals surface area (Å²) in [6.07, 6.45) is 1.10. The van der Waals surface area contributed by atoms with Crippen LogP contribution in [0.3, 0.4) is 0 Å². The maximum Gasteiger partial charge on any atom is 0.238 e. The van der Waals surface area contributed by atoms with Gasteiger partial charge in [-0.15, -0.1) is 0 Å². The fourth-order valence-electron chi connectivity index (χ4n) is 2.41. The van der Waals surface area contributed by atoms with Crippen molar-refractivity contribution in [2.75, 3.05) is 31.5 Å². The van der Waals surface area contributed by atoms with Crippen LogP contribution >= 0.6 is 15.9 Å². The van der Waals surface area contributed by atoms with Crippen LogP contribution in [0.15, 0.2) is 22.7 Å². The van der Waals surface area contributed by atoms with E-state index in [1.165, 1.54) is 0 Å². The molecule has 5 heteroatoms. The van der Waals surface area contributed by atoms with Gasteiger partial charge in [-0.2, -0.15) is 0 Å². The third-order valence-corrected chi connectivity index (χ3v) is 4.03. The number of carbonyl (C=O) groups is 1. The molecule has 1 aromatic rings. The van der Waals surface area contributed by atoms with E-state index in [1.54, 1.807) is 0 Å². The molecule has 0 saturated carbocycles. The summed E-state index contributed by atoms with van der Waals surface area (Å²) in [6, 6.07) is 5.85. The van der Waals surface area contributed by atoms with Gasteiger partial charge >= 0.3 is 0 Å². The molecule has 104 valence electrons. The van der Waals surface area contributed by atoms with Crippen molar-refractivity contribution >= 4 is 27.5 Å². The van der Waals surface area contributed by atoms with Crippen molar-refractivity contribution in [3.05, 3.63) is 28.2 Å². The Morgan fingerprint density at radius 2 is 2.37 bits per heavy atom. The molecule has 1 aliphatic heterocycles. The number of nitrogens with two attached hydrogens (primary N) is 1. The molecule has 0 spiro atoms. The van der Waals surface area contributed by atoms with Crippen molar-refractivity contribution in [3.8, 4) is 0 Å². The van der Waals surface area contributed by atoms with Gasteiger partial charge in [-0.1, -0.05) is 15.9 Å². The molecule has 0 bridgehead atoms. The molecule has 1 saturated heterocycles. The van der Waals surface area contributed by atoms with E-state index >= 15 is 0 Å². The summed E-state index contributed by atoms with van der Waals surface area (Å²) in [6.45, 7) is 5.05. The van der Waals surface area contributed by atoms with Crippen molar-refractivity contribution in [2.24, 2.45) is 11.7 Å². The second-order valence-corrected chi connectivity index (χ2v) is 6.05. The number of nitrogens with one attached hydrogen (secondary N) is 1. The molecule has 1 amide bonds. The number of halogens is 1. The van der Waals surface area contributed by atoms with Crippen LogP contribution in [0.25, 0.3) is 0 Å². The van der Waals surface area contributed by atoms with E-state index in [2.05, 4.69) is 26.1 Å². The first-order chi connectivity index (χ1) is 9.08. The number of nitrogens with zero attached hydrogens (tertiary/aromatic N) is 1. The molecule has 1 aliphatic rings. The van der Waals surface area contributed by atoms with Crippen LogP contribution in [0, 0.1) is 12.8 Å². The number of rotatable bonds is 4. The average Bonchev–Trinajstić information content (AvgIpc) is 2.80. The maximum absolute atomic E-state index is 12.0. The SMILES string of the molecule is Cc1cc(Br)ccc1NC(=O)CN1CCC(CN)C1.